The van der Waals surface area contributed by atoms with Crippen molar-refractivity contribution in [2.45, 2.75) is 70.8 Å². The van der Waals surface area contributed by atoms with E-state index in [9.17, 15) is 23.9 Å². The number of hydrogen-bond donors (Lipinski definition) is 0. The number of rotatable bonds is 15. The molecule has 232 valence electrons. The molecule has 0 aliphatic carbocycles. The molecule has 1 atom stereocenters. The summed E-state index contributed by atoms with van der Waals surface area (Å²) in [6.45, 7) is 0.800. The summed E-state index contributed by atoms with van der Waals surface area (Å²) in [5, 5.41) is 0. The minimum atomic E-state index is -5.32. The zero-order chi connectivity index (χ0) is 28.3. The fourth-order valence-electron chi connectivity index (χ4n) is 2.54. The fourth-order valence-corrected chi connectivity index (χ4v) is 2.89. The molecule has 8 nitrogen and oxygen atoms in total. The van der Waals surface area contributed by atoms with Gasteiger partial charge < -0.3 is 28.3 Å². The van der Waals surface area contributed by atoms with E-state index in [2.05, 4.69) is 88.4 Å². The number of phosphoric ester groups is 1. The van der Waals surface area contributed by atoms with Crippen LogP contribution in [0.2, 0.25) is 0 Å². The van der Waals surface area contributed by atoms with E-state index >= 15 is 0 Å². The van der Waals surface area contributed by atoms with Gasteiger partial charge in [-0.15, -0.1) is 6.42 Å². The van der Waals surface area contributed by atoms with E-state index in [-0.39, 0.29) is 97.6 Å². The summed E-state index contributed by atoms with van der Waals surface area (Å²) in [7, 11) is -5.32. The second-order valence-corrected chi connectivity index (χ2v) is 8.48. The van der Waals surface area contributed by atoms with Crippen molar-refractivity contribution in [1.29, 1.82) is 0 Å². The van der Waals surface area contributed by atoms with Gasteiger partial charge in [0.05, 0.1) is 14.4 Å². The molecule has 0 heterocycles. The third kappa shape index (κ3) is 36.3. The van der Waals surface area contributed by atoms with Crippen molar-refractivity contribution in [3.05, 3.63) is 0 Å². The molecule has 0 unspecified atom stereocenters. The average Bonchev–Trinajstić information content (AvgIpc) is 2.87. The zero-order valence-electron chi connectivity index (χ0n) is 23.6. The first-order valence-corrected chi connectivity index (χ1v) is 13.2. The SMILES string of the molecule is C#CC#CC#CC#CC#CC#CC#CC(=O)OC[C@H](COP(=O)([O-])[O-])OC(=O)CCCCCCCCCC.S.[HH].[HH].[HH].[HH].[HH].[HH].[HH].[HH].[HH].[HH].[HH].[HH].[HH].[Na+].[Na+]. The first-order chi connectivity index (χ1) is 18.3. The molecular weight excluding hydrogens is 585 g/mol. The van der Waals surface area contributed by atoms with Crippen LogP contribution in [0.3, 0.4) is 0 Å². The molecule has 0 amide bonds. The molecule has 0 saturated carbocycles. The number of ether oxygens (including phenoxy) is 2. The van der Waals surface area contributed by atoms with Crippen molar-refractivity contribution >= 4 is 33.3 Å². The standard InChI is InChI=1S/C29H29O8P.2Na.H2S.13H2/c1-3-5-7-9-11-13-14-15-16-18-19-21-23-28(30)35-25-27(26-36-38(32,33)34)37-29(31)24-22-20-17-12-10-8-6-4-2;;;;;;;;;;;;;;;;/h1,27H,4,6,8,10,12,17,20,22,24-26H2,2H3,(H2,32,33,34);;;1H2;13*1H/q;2*+1;;;;;;;;;;;;;;/p-2/t27-;;;;;;;;;;;;;;;;/m1................/s1. The van der Waals surface area contributed by atoms with E-state index in [1.54, 1.807) is 0 Å². The normalized spacial score (nSPS) is 8.93. The molecule has 12 heteroatoms. The molecule has 0 aromatic heterocycles. The maximum atomic E-state index is 12.1. The second kappa shape index (κ2) is 32.8. The van der Waals surface area contributed by atoms with Gasteiger partial charge in [-0.1, -0.05) is 51.9 Å². The van der Waals surface area contributed by atoms with Crippen LogP contribution < -0.4 is 68.9 Å². The van der Waals surface area contributed by atoms with E-state index in [0.717, 1.165) is 25.7 Å². The number of esters is 2. The molecule has 41 heavy (non-hydrogen) atoms. The molecule has 0 radical (unpaired) electrons. The van der Waals surface area contributed by atoms with Crippen molar-refractivity contribution in [3.8, 4) is 83.4 Å². The van der Waals surface area contributed by atoms with Crippen molar-refractivity contribution in [2.75, 3.05) is 13.2 Å². The van der Waals surface area contributed by atoms with Crippen LogP contribution in [0.5, 0.6) is 0 Å². The van der Waals surface area contributed by atoms with Crippen molar-refractivity contribution in [1.82, 2.24) is 0 Å². The first-order valence-electron chi connectivity index (χ1n) is 11.8. The van der Waals surface area contributed by atoms with Crippen LogP contribution in [0, 0.1) is 83.4 Å². The summed E-state index contributed by atoms with van der Waals surface area (Å²) >= 11 is 0. The van der Waals surface area contributed by atoms with Gasteiger partial charge in [0.25, 0.3) is 0 Å². The summed E-state index contributed by atoms with van der Waals surface area (Å²) in [6, 6.07) is 0. The molecule has 0 bridgehead atoms. The largest absolute Gasteiger partial charge is 1.00 e. The van der Waals surface area contributed by atoms with Gasteiger partial charge in [-0.3, -0.25) is 4.79 Å². The number of carbonyl (C=O) groups is 2. The number of hydrogen-bond acceptors (Lipinski definition) is 8. The Balaban J connectivity index is -0.0000000570. The van der Waals surface area contributed by atoms with Gasteiger partial charge >= 0.3 is 71.1 Å². The summed E-state index contributed by atoms with van der Waals surface area (Å²) in [5.74, 6) is 28.3. The van der Waals surface area contributed by atoms with Crippen LogP contribution in [-0.2, 0) is 28.2 Å². The summed E-state index contributed by atoms with van der Waals surface area (Å²) in [5.41, 5.74) is 0. The minimum Gasteiger partial charge on any atom is -0.790 e. The number of carbonyl (C=O) groups excluding carboxylic acids is 2. The van der Waals surface area contributed by atoms with Gasteiger partial charge in [0, 0.05) is 30.9 Å². The van der Waals surface area contributed by atoms with Crippen LogP contribution in [0.1, 0.15) is 83.3 Å². The molecule has 0 aliphatic rings. The Hall–Kier alpha value is -1.68. The molecule has 0 aliphatic heterocycles. The summed E-state index contributed by atoms with van der Waals surface area (Å²) in [6.07, 6.45) is 12.0. The molecule has 0 saturated heterocycles. The maximum Gasteiger partial charge on any atom is 1.00 e. The van der Waals surface area contributed by atoms with Crippen LogP contribution in [0.4, 0.5) is 0 Å². The second-order valence-electron chi connectivity index (χ2n) is 7.32. The fraction of sp³-hybridized carbons (Fsp3) is 0.448. The van der Waals surface area contributed by atoms with Gasteiger partial charge in [0.15, 0.2) is 6.10 Å². The Kier molecular flexibility index (Phi) is 37.1. The van der Waals surface area contributed by atoms with Gasteiger partial charge in [0.2, 0.25) is 0 Å². The zero-order valence-corrected chi connectivity index (χ0v) is 29.5. The van der Waals surface area contributed by atoms with Gasteiger partial charge in [-0.2, -0.15) is 13.5 Å². The third-order valence-corrected chi connectivity index (χ3v) is 4.68. The van der Waals surface area contributed by atoms with Gasteiger partial charge in [-0.25, -0.2) is 4.79 Å². The topological polar surface area (TPSA) is 125 Å². The van der Waals surface area contributed by atoms with Crippen LogP contribution in [0.15, 0.2) is 0 Å². The maximum absolute atomic E-state index is 12.1. The summed E-state index contributed by atoms with van der Waals surface area (Å²) < 4.78 is 24.9. The number of unbranched alkanes of at least 4 members (excludes halogenated alkanes) is 7. The number of phosphoric acid groups is 1. The smallest absolute Gasteiger partial charge is 0.790 e. The van der Waals surface area contributed by atoms with E-state index in [0.29, 0.717) is 6.42 Å². The van der Waals surface area contributed by atoms with E-state index in [1.807, 2.05) is 0 Å². The van der Waals surface area contributed by atoms with Crippen LogP contribution in [0.25, 0.3) is 0 Å². The summed E-state index contributed by atoms with van der Waals surface area (Å²) in [4.78, 5) is 45.3. The third-order valence-electron chi connectivity index (χ3n) is 4.21. The Morgan fingerprint density at radius 3 is 1.73 bits per heavy atom. The first kappa shape index (κ1) is 46.3. The van der Waals surface area contributed by atoms with Gasteiger partial charge in [0.1, 0.15) is 6.61 Å². The Bertz CT molecular complexity index is 1290. The van der Waals surface area contributed by atoms with E-state index in [4.69, 9.17) is 15.9 Å². The minimum absolute atomic E-state index is 0. The molecule has 0 spiro atoms. The molecule has 0 aromatic carbocycles. The molecule has 0 fully saturated rings. The van der Waals surface area contributed by atoms with Crippen LogP contribution >= 0.6 is 21.3 Å². The van der Waals surface area contributed by atoms with E-state index < -0.39 is 39.1 Å². The molecule has 0 N–H and O–H groups in total. The average molecular weight is 641 g/mol. The van der Waals surface area contributed by atoms with Crippen molar-refractivity contribution in [2.24, 2.45) is 0 Å². The van der Waals surface area contributed by atoms with Crippen molar-refractivity contribution in [3.63, 3.8) is 0 Å². The van der Waals surface area contributed by atoms with Crippen LogP contribution in [-0.4, -0.2) is 31.3 Å². The molecule has 0 aromatic rings. The quantitative estimate of drug-likeness (QED) is 0.0546. The van der Waals surface area contributed by atoms with Crippen molar-refractivity contribution < 1.29 is 116 Å². The predicted octanol–water partition coefficient (Wildman–Crippen LogP) is -1.21. The monoisotopic (exact) mass is 640 g/mol. The van der Waals surface area contributed by atoms with E-state index in [1.165, 1.54) is 19.3 Å². The predicted molar refractivity (Wildman–Crippen MR) is 175 cm³/mol. The Morgan fingerprint density at radius 1 is 0.780 bits per heavy atom. The molecule has 0 rings (SSSR count). The number of terminal acetylenes is 1. The Labute approximate surface area is 314 Å². The Morgan fingerprint density at radius 2 is 1.24 bits per heavy atom. The molecular formula is C29H55Na2O8PS. The van der Waals surface area contributed by atoms with Gasteiger partial charge in [-0.05, 0) is 77.5 Å².